The maximum atomic E-state index is 13.3. The Hall–Kier alpha value is -1.10. The van der Waals surface area contributed by atoms with Crippen molar-refractivity contribution >= 4 is 32.9 Å². The fraction of sp³-hybridized carbons (Fsp3) is 0.300. The van der Waals surface area contributed by atoms with Crippen LogP contribution in [-0.4, -0.2) is 9.55 Å². The van der Waals surface area contributed by atoms with E-state index in [9.17, 15) is 4.39 Å². The summed E-state index contributed by atoms with van der Waals surface area (Å²) in [6.07, 6.45) is 0. The summed E-state index contributed by atoms with van der Waals surface area (Å²) in [4.78, 5) is 4.12. The van der Waals surface area contributed by atoms with Gasteiger partial charge in [-0.05, 0) is 35.8 Å². The molecule has 0 saturated carbocycles. The molecule has 0 bridgehead atoms. The van der Waals surface area contributed by atoms with Crippen LogP contribution >= 0.6 is 15.9 Å². The second-order valence-corrected chi connectivity index (χ2v) is 4.54. The number of anilines is 1. The molecular formula is C10H11BrFN3. The van der Waals surface area contributed by atoms with E-state index in [1.54, 1.807) is 6.07 Å². The number of hydrogen-bond acceptors (Lipinski definition) is 2. The zero-order chi connectivity index (χ0) is 11.2. The maximum Gasteiger partial charge on any atom is 0.201 e. The molecule has 5 heteroatoms. The second-order valence-electron chi connectivity index (χ2n) is 3.69. The molecule has 3 nitrogen and oxygen atoms in total. The Morgan fingerprint density at radius 2 is 2.13 bits per heavy atom. The van der Waals surface area contributed by atoms with Crippen LogP contribution in [0.25, 0.3) is 11.0 Å². The molecule has 0 aliphatic carbocycles. The Morgan fingerprint density at radius 3 is 2.73 bits per heavy atom. The lowest BCUT2D eigenvalue weighted by Crippen LogP contribution is -2.05. The number of aromatic nitrogens is 2. The number of rotatable bonds is 1. The predicted molar refractivity (Wildman–Crippen MR) is 62.2 cm³/mol. The first kappa shape index (κ1) is 10.4. The van der Waals surface area contributed by atoms with Crippen LogP contribution in [0.2, 0.25) is 0 Å². The summed E-state index contributed by atoms with van der Waals surface area (Å²) in [6, 6.07) is 3.29. The minimum atomic E-state index is -0.323. The van der Waals surface area contributed by atoms with Crippen LogP contribution in [0.3, 0.4) is 0 Å². The van der Waals surface area contributed by atoms with Crippen molar-refractivity contribution in [2.75, 3.05) is 5.73 Å². The quantitative estimate of drug-likeness (QED) is 0.866. The van der Waals surface area contributed by atoms with Crippen molar-refractivity contribution in [2.45, 2.75) is 19.9 Å². The van der Waals surface area contributed by atoms with Crippen LogP contribution in [-0.2, 0) is 0 Å². The van der Waals surface area contributed by atoms with Crippen LogP contribution in [0.1, 0.15) is 19.9 Å². The fourth-order valence-electron chi connectivity index (χ4n) is 1.65. The Labute approximate surface area is 95.2 Å². The third-order valence-electron chi connectivity index (χ3n) is 2.28. The molecule has 0 saturated heterocycles. The van der Waals surface area contributed by atoms with Gasteiger partial charge in [0.25, 0.3) is 0 Å². The second kappa shape index (κ2) is 3.48. The van der Waals surface area contributed by atoms with Gasteiger partial charge in [0.05, 0.1) is 15.5 Å². The van der Waals surface area contributed by atoms with Gasteiger partial charge < -0.3 is 10.3 Å². The summed E-state index contributed by atoms with van der Waals surface area (Å²) < 4.78 is 15.6. The number of nitrogens with zero attached hydrogens (tertiary/aromatic N) is 2. The summed E-state index contributed by atoms with van der Waals surface area (Å²) >= 11 is 3.15. The summed E-state index contributed by atoms with van der Waals surface area (Å²) in [5.74, 6) is 0.0911. The Balaban J connectivity index is 2.81. The highest BCUT2D eigenvalue weighted by atomic mass is 79.9. The molecule has 2 aromatic rings. The first-order valence-electron chi connectivity index (χ1n) is 4.63. The van der Waals surface area contributed by atoms with Gasteiger partial charge in [0.1, 0.15) is 5.82 Å². The molecule has 1 heterocycles. The van der Waals surface area contributed by atoms with E-state index in [2.05, 4.69) is 20.9 Å². The van der Waals surface area contributed by atoms with Gasteiger partial charge in [0, 0.05) is 12.1 Å². The maximum absolute atomic E-state index is 13.3. The van der Waals surface area contributed by atoms with E-state index in [1.165, 1.54) is 6.07 Å². The lowest BCUT2D eigenvalue weighted by Gasteiger charge is -2.10. The Morgan fingerprint density at radius 1 is 1.47 bits per heavy atom. The molecule has 2 rings (SSSR count). The van der Waals surface area contributed by atoms with E-state index >= 15 is 0 Å². The molecule has 0 aliphatic rings. The van der Waals surface area contributed by atoms with Crippen LogP contribution in [0.5, 0.6) is 0 Å². The van der Waals surface area contributed by atoms with Crippen molar-refractivity contribution in [3.05, 3.63) is 22.4 Å². The molecule has 80 valence electrons. The van der Waals surface area contributed by atoms with E-state index in [0.29, 0.717) is 15.9 Å². The first-order valence-corrected chi connectivity index (χ1v) is 5.42. The van der Waals surface area contributed by atoms with Gasteiger partial charge in [-0.3, -0.25) is 0 Å². The molecule has 0 aliphatic heterocycles. The number of imidazole rings is 1. The summed E-state index contributed by atoms with van der Waals surface area (Å²) in [5, 5.41) is 0. The molecular weight excluding hydrogens is 261 g/mol. The van der Waals surface area contributed by atoms with Crippen molar-refractivity contribution in [3.63, 3.8) is 0 Å². The van der Waals surface area contributed by atoms with Gasteiger partial charge in [-0.2, -0.15) is 0 Å². The molecule has 0 atom stereocenters. The highest BCUT2D eigenvalue weighted by Crippen LogP contribution is 2.27. The Bertz CT molecular complexity index is 519. The zero-order valence-corrected chi connectivity index (χ0v) is 10.0. The van der Waals surface area contributed by atoms with Crippen molar-refractivity contribution in [1.29, 1.82) is 0 Å². The molecule has 2 N–H and O–H groups in total. The van der Waals surface area contributed by atoms with Crippen LogP contribution in [0.15, 0.2) is 16.6 Å². The standard InChI is InChI=1S/C10H11BrFN3/c1-5(2)15-9-3-6(11)7(12)4-8(9)14-10(15)13/h3-5H,1-2H3,(H2,13,14). The largest absolute Gasteiger partial charge is 0.369 e. The number of benzene rings is 1. The van der Waals surface area contributed by atoms with E-state index in [0.717, 1.165) is 5.52 Å². The van der Waals surface area contributed by atoms with Gasteiger partial charge in [-0.15, -0.1) is 0 Å². The average molecular weight is 272 g/mol. The van der Waals surface area contributed by atoms with Gasteiger partial charge in [0.2, 0.25) is 5.95 Å². The van der Waals surface area contributed by atoms with Gasteiger partial charge in [-0.25, -0.2) is 9.37 Å². The van der Waals surface area contributed by atoms with E-state index in [1.807, 2.05) is 18.4 Å². The van der Waals surface area contributed by atoms with Crippen LogP contribution in [0, 0.1) is 5.82 Å². The fourth-order valence-corrected chi connectivity index (χ4v) is 1.98. The first-order chi connectivity index (χ1) is 7.00. The minimum Gasteiger partial charge on any atom is -0.369 e. The number of halogens is 2. The van der Waals surface area contributed by atoms with Crippen molar-refractivity contribution in [1.82, 2.24) is 9.55 Å². The number of nitrogen functional groups attached to an aromatic ring is 1. The normalized spacial score (nSPS) is 11.5. The van der Waals surface area contributed by atoms with E-state index < -0.39 is 0 Å². The zero-order valence-electron chi connectivity index (χ0n) is 8.46. The molecule has 1 aromatic heterocycles. The number of fused-ring (bicyclic) bond motifs is 1. The van der Waals surface area contributed by atoms with E-state index in [4.69, 9.17) is 5.73 Å². The molecule has 0 unspecified atom stereocenters. The number of nitrogens with two attached hydrogens (primary N) is 1. The molecule has 0 amide bonds. The topological polar surface area (TPSA) is 43.8 Å². The third-order valence-corrected chi connectivity index (χ3v) is 2.88. The minimum absolute atomic E-state index is 0.201. The Kier molecular flexibility index (Phi) is 2.42. The van der Waals surface area contributed by atoms with Crippen molar-refractivity contribution < 1.29 is 4.39 Å². The van der Waals surface area contributed by atoms with Gasteiger partial charge in [0.15, 0.2) is 0 Å². The SMILES string of the molecule is CC(C)n1c(N)nc2cc(F)c(Br)cc21. The predicted octanol–water partition coefficient (Wildman–Crippen LogP) is 3.10. The number of hydrogen-bond donors (Lipinski definition) is 1. The van der Waals surface area contributed by atoms with Gasteiger partial charge in [-0.1, -0.05) is 0 Å². The molecule has 0 fully saturated rings. The highest BCUT2D eigenvalue weighted by molar-refractivity contribution is 9.10. The summed E-state index contributed by atoms with van der Waals surface area (Å²) in [6.45, 7) is 4.02. The molecule has 0 radical (unpaired) electrons. The van der Waals surface area contributed by atoms with E-state index in [-0.39, 0.29) is 11.9 Å². The smallest absolute Gasteiger partial charge is 0.201 e. The van der Waals surface area contributed by atoms with Crippen LogP contribution < -0.4 is 5.73 Å². The molecule has 1 aromatic carbocycles. The monoisotopic (exact) mass is 271 g/mol. The average Bonchev–Trinajstić information content (AvgIpc) is 2.41. The van der Waals surface area contributed by atoms with Crippen molar-refractivity contribution in [3.8, 4) is 0 Å². The summed E-state index contributed by atoms with van der Waals surface area (Å²) in [5.41, 5.74) is 7.20. The third kappa shape index (κ3) is 1.61. The molecule has 0 spiro atoms. The highest BCUT2D eigenvalue weighted by Gasteiger charge is 2.13. The molecule has 15 heavy (non-hydrogen) atoms. The van der Waals surface area contributed by atoms with Crippen molar-refractivity contribution in [2.24, 2.45) is 0 Å². The lowest BCUT2D eigenvalue weighted by molar-refractivity contribution is 0.618. The summed E-state index contributed by atoms with van der Waals surface area (Å²) in [7, 11) is 0. The van der Waals surface area contributed by atoms with Crippen LogP contribution in [0.4, 0.5) is 10.3 Å². The van der Waals surface area contributed by atoms with Gasteiger partial charge >= 0.3 is 0 Å². The lowest BCUT2D eigenvalue weighted by atomic mass is 10.3.